The lowest BCUT2D eigenvalue weighted by molar-refractivity contribution is 0.232. The van der Waals surface area contributed by atoms with Crippen molar-refractivity contribution in [3.63, 3.8) is 0 Å². The fraction of sp³-hybridized carbons (Fsp3) is 0.526. The second-order valence-electron chi connectivity index (χ2n) is 6.59. The van der Waals surface area contributed by atoms with Crippen molar-refractivity contribution in [2.75, 3.05) is 6.54 Å². The summed E-state index contributed by atoms with van der Waals surface area (Å²) in [4.78, 5) is 8.88. The van der Waals surface area contributed by atoms with Crippen LogP contribution in [0, 0.1) is 0 Å². The Morgan fingerprint density at radius 2 is 2.04 bits per heavy atom. The topological polar surface area (TPSA) is 84.6 Å². The molecule has 2 rings (SSSR count). The average molecular weight is 359 g/mol. The van der Waals surface area contributed by atoms with Gasteiger partial charge in [-0.3, -0.25) is 0 Å². The first kappa shape index (κ1) is 19.8. The number of nitrogens with zero attached hydrogens (tertiary/aromatic N) is 3. The van der Waals surface area contributed by atoms with Gasteiger partial charge < -0.3 is 19.9 Å². The number of aromatic nitrogens is 2. The number of guanidine groups is 1. The smallest absolute Gasteiger partial charge is 0.213 e. The minimum Gasteiger partial charge on any atom is -0.475 e. The SMILES string of the molecule is CCNC(=NCc1ccc(OC(C)C)nc1)NCc1cc(C(C)C)no1. The van der Waals surface area contributed by atoms with E-state index in [1.54, 1.807) is 6.20 Å². The fourth-order valence-electron chi connectivity index (χ4n) is 2.18. The van der Waals surface area contributed by atoms with E-state index >= 15 is 0 Å². The van der Waals surface area contributed by atoms with Crippen molar-refractivity contribution in [3.8, 4) is 5.88 Å². The number of nitrogens with one attached hydrogen (secondary N) is 2. The van der Waals surface area contributed by atoms with Crippen LogP contribution in [0.2, 0.25) is 0 Å². The molecule has 2 aromatic rings. The third-order valence-electron chi connectivity index (χ3n) is 3.52. The number of hydrogen-bond donors (Lipinski definition) is 2. The Bertz CT molecular complexity index is 692. The minimum absolute atomic E-state index is 0.114. The highest BCUT2D eigenvalue weighted by Gasteiger charge is 2.08. The molecule has 0 saturated carbocycles. The molecule has 7 nitrogen and oxygen atoms in total. The summed E-state index contributed by atoms with van der Waals surface area (Å²) in [5, 5.41) is 10.5. The van der Waals surface area contributed by atoms with E-state index in [9.17, 15) is 0 Å². The summed E-state index contributed by atoms with van der Waals surface area (Å²) >= 11 is 0. The summed E-state index contributed by atoms with van der Waals surface area (Å²) in [5.74, 6) is 2.49. The molecule has 0 amide bonds. The monoisotopic (exact) mass is 359 g/mol. The summed E-state index contributed by atoms with van der Waals surface area (Å²) in [6.45, 7) is 12.0. The maximum atomic E-state index is 5.55. The standard InChI is InChI=1S/C19H29N5O2/c1-6-20-19(23-12-16-9-17(13(2)3)24-26-16)22-11-15-7-8-18(21-10-15)25-14(4)5/h7-10,13-14H,6,11-12H2,1-5H3,(H2,20,22,23). The van der Waals surface area contributed by atoms with Crippen molar-refractivity contribution in [2.45, 2.75) is 59.7 Å². The van der Waals surface area contributed by atoms with Gasteiger partial charge in [-0.2, -0.15) is 0 Å². The zero-order valence-corrected chi connectivity index (χ0v) is 16.2. The van der Waals surface area contributed by atoms with E-state index in [-0.39, 0.29) is 6.10 Å². The molecule has 26 heavy (non-hydrogen) atoms. The first-order valence-electron chi connectivity index (χ1n) is 9.07. The Labute approximate surface area is 155 Å². The molecule has 0 aromatic carbocycles. The van der Waals surface area contributed by atoms with Gasteiger partial charge in [-0.1, -0.05) is 25.1 Å². The molecule has 0 unspecified atom stereocenters. The molecule has 0 spiro atoms. The quantitative estimate of drug-likeness (QED) is 0.556. The van der Waals surface area contributed by atoms with Gasteiger partial charge in [0.25, 0.3) is 0 Å². The summed E-state index contributed by atoms with van der Waals surface area (Å²) in [7, 11) is 0. The van der Waals surface area contributed by atoms with Crippen LogP contribution in [0.3, 0.4) is 0 Å². The summed E-state index contributed by atoms with van der Waals surface area (Å²) in [6.07, 6.45) is 1.90. The predicted octanol–water partition coefficient (Wildman–Crippen LogP) is 3.24. The van der Waals surface area contributed by atoms with E-state index in [4.69, 9.17) is 9.26 Å². The number of rotatable bonds is 8. The highest BCUT2D eigenvalue weighted by molar-refractivity contribution is 5.79. The third kappa shape index (κ3) is 6.38. The molecule has 0 aliphatic carbocycles. The molecule has 0 aliphatic heterocycles. The Kier molecular flexibility index (Phi) is 7.44. The van der Waals surface area contributed by atoms with Gasteiger partial charge in [0, 0.05) is 24.9 Å². The van der Waals surface area contributed by atoms with Crippen molar-refractivity contribution < 1.29 is 9.26 Å². The number of aliphatic imine (C=N–C) groups is 1. The van der Waals surface area contributed by atoms with E-state index in [2.05, 4.69) is 39.6 Å². The van der Waals surface area contributed by atoms with E-state index in [0.29, 0.717) is 24.9 Å². The molecule has 0 radical (unpaired) electrons. The number of hydrogen-bond acceptors (Lipinski definition) is 5. The van der Waals surface area contributed by atoms with Crippen LogP contribution in [0.4, 0.5) is 0 Å². The van der Waals surface area contributed by atoms with Gasteiger partial charge in [0.1, 0.15) is 0 Å². The van der Waals surface area contributed by atoms with Crippen LogP contribution in [0.5, 0.6) is 5.88 Å². The summed E-state index contributed by atoms with van der Waals surface area (Å²) < 4.78 is 10.9. The normalized spacial score (nSPS) is 11.9. The molecular weight excluding hydrogens is 330 g/mol. The molecule has 0 bridgehead atoms. The maximum absolute atomic E-state index is 5.55. The maximum Gasteiger partial charge on any atom is 0.213 e. The lowest BCUT2D eigenvalue weighted by Crippen LogP contribution is -2.36. The van der Waals surface area contributed by atoms with Gasteiger partial charge in [0.2, 0.25) is 5.88 Å². The van der Waals surface area contributed by atoms with Crippen molar-refractivity contribution in [2.24, 2.45) is 4.99 Å². The zero-order valence-electron chi connectivity index (χ0n) is 16.2. The Hall–Kier alpha value is -2.57. The molecule has 2 aromatic heterocycles. The van der Waals surface area contributed by atoms with E-state index in [1.807, 2.05) is 39.0 Å². The number of pyridine rings is 1. The Morgan fingerprint density at radius 3 is 2.62 bits per heavy atom. The van der Waals surface area contributed by atoms with Crippen LogP contribution in [0.1, 0.15) is 57.6 Å². The summed E-state index contributed by atoms with van der Waals surface area (Å²) in [6, 6.07) is 5.81. The Balaban J connectivity index is 1.92. The van der Waals surface area contributed by atoms with Gasteiger partial charge in [-0.05, 0) is 32.3 Å². The lowest BCUT2D eigenvalue weighted by atomic mass is 10.1. The zero-order chi connectivity index (χ0) is 18.9. The molecule has 0 atom stereocenters. The second kappa shape index (κ2) is 9.79. The lowest BCUT2D eigenvalue weighted by Gasteiger charge is -2.10. The molecule has 0 saturated heterocycles. The van der Waals surface area contributed by atoms with Gasteiger partial charge in [0.15, 0.2) is 11.7 Å². The number of ether oxygens (including phenoxy) is 1. The highest BCUT2D eigenvalue weighted by Crippen LogP contribution is 2.14. The van der Waals surface area contributed by atoms with Crippen molar-refractivity contribution in [3.05, 3.63) is 41.4 Å². The van der Waals surface area contributed by atoms with Gasteiger partial charge in [-0.25, -0.2) is 9.98 Å². The first-order chi connectivity index (χ1) is 12.5. The molecule has 2 N–H and O–H groups in total. The van der Waals surface area contributed by atoms with Crippen LogP contribution in [-0.2, 0) is 13.1 Å². The largest absolute Gasteiger partial charge is 0.475 e. The van der Waals surface area contributed by atoms with Crippen molar-refractivity contribution >= 4 is 5.96 Å². The van der Waals surface area contributed by atoms with E-state index < -0.39 is 0 Å². The fourth-order valence-corrected chi connectivity index (χ4v) is 2.18. The van der Waals surface area contributed by atoms with E-state index in [1.165, 1.54) is 0 Å². The highest BCUT2D eigenvalue weighted by atomic mass is 16.5. The van der Waals surface area contributed by atoms with Crippen molar-refractivity contribution in [1.82, 2.24) is 20.8 Å². The van der Waals surface area contributed by atoms with Gasteiger partial charge in [0.05, 0.1) is 24.9 Å². The third-order valence-corrected chi connectivity index (χ3v) is 3.52. The van der Waals surface area contributed by atoms with Crippen molar-refractivity contribution in [1.29, 1.82) is 0 Å². The van der Waals surface area contributed by atoms with Gasteiger partial charge >= 0.3 is 0 Å². The van der Waals surface area contributed by atoms with Crippen LogP contribution < -0.4 is 15.4 Å². The molecule has 0 fully saturated rings. The molecular formula is C19H29N5O2. The van der Waals surface area contributed by atoms with Gasteiger partial charge in [-0.15, -0.1) is 0 Å². The van der Waals surface area contributed by atoms with Crippen LogP contribution in [0.25, 0.3) is 0 Å². The van der Waals surface area contributed by atoms with E-state index in [0.717, 1.165) is 29.5 Å². The minimum atomic E-state index is 0.114. The second-order valence-corrected chi connectivity index (χ2v) is 6.59. The molecule has 0 aliphatic rings. The molecule has 7 heteroatoms. The van der Waals surface area contributed by atoms with Crippen LogP contribution in [-0.4, -0.2) is 28.7 Å². The van der Waals surface area contributed by atoms with Crippen LogP contribution in [0.15, 0.2) is 33.9 Å². The molecule has 2 heterocycles. The summed E-state index contributed by atoms with van der Waals surface area (Å²) in [5.41, 5.74) is 1.97. The Morgan fingerprint density at radius 1 is 1.23 bits per heavy atom. The van der Waals surface area contributed by atoms with Crippen LogP contribution >= 0.6 is 0 Å². The molecule has 142 valence electrons. The first-order valence-corrected chi connectivity index (χ1v) is 9.07. The average Bonchev–Trinajstić information content (AvgIpc) is 3.07. The predicted molar refractivity (Wildman–Crippen MR) is 102 cm³/mol.